The van der Waals surface area contributed by atoms with Gasteiger partial charge in [0.05, 0.1) is 19.3 Å². The molecule has 0 aliphatic carbocycles. The SMILES string of the molecule is COC[C@@H](C)NC(=O)c1cc(F)ccc1OC. The average molecular weight is 241 g/mol. The summed E-state index contributed by atoms with van der Waals surface area (Å²) in [5.74, 6) is -0.519. The van der Waals surface area contributed by atoms with E-state index in [-0.39, 0.29) is 17.5 Å². The van der Waals surface area contributed by atoms with E-state index in [2.05, 4.69) is 5.32 Å². The van der Waals surface area contributed by atoms with Crippen molar-refractivity contribution in [2.75, 3.05) is 20.8 Å². The number of benzene rings is 1. The molecule has 94 valence electrons. The van der Waals surface area contributed by atoms with Crippen molar-refractivity contribution in [1.29, 1.82) is 0 Å². The number of hydrogen-bond acceptors (Lipinski definition) is 3. The summed E-state index contributed by atoms with van der Waals surface area (Å²) in [6, 6.07) is 3.66. The molecule has 0 aliphatic rings. The molecular weight excluding hydrogens is 225 g/mol. The van der Waals surface area contributed by atoms with E-state index in [0.717, 1.165) is 6.07 Å². The smallest absolute Gasteiger partial charge is 0.255 e. The molecule has 4 nitrogen and oxygen atoms in total. The minimum Gasteiger partial charge on any atom is -0.496 e. The zero-order valence-electron chi connectivity index (χ0n) is 10.1. The highest BCUT2D eigenvalue weighted by Crippen LogP contribution is 2.19. The van der Waals surface area contributed by atoms with Gasteiger partial charge in [-0.3, -0.25) is 4.79 Å². The lowest BCUT2D eigenvalue weighted by molar-refractivity contribution is 0.0902. The molecule has 1 amide bonds. The molecule has 0 aliphatic heterocycles. The van der Waals surface area contributed by atoms with Crippen molar-refractivity contribution >= 4 is 5.91 Å². The van der Waals surface area contributed by atoms with E-state index in [9.17, 15) is 9.18 Å². The number of halogens is 1. The second-order valence-corrected chi connectivity index (χ2v) is 3.67. The van der Waals surface area contributed by atoms with Crippen molar-refractivity contribution in [3.8, 4) is 5.75 Å². The van der Waals surface area contributed by atoms with Gasteiger partial charge in [0.25, 0.3) is 5.91 Å². The number of methoxy groups -OCH3 is 2. The summed E-state index contributed by atoms with van der Waals surface area (Å²) in [6.07, 6.45) is 0. The molecular formula is C12H16FNO3. The lowest BCUT2D eigenvalue weighted by Gasteiger charge is -2.14. The molecule has 0 bridgehead atoms. The number of carbonyl (C=O) groups is 1. The number of amides is 1. The standard InChI is InChI=1S/C12H16FNO3/c1-8(7-16-2)14-12(15)10-6-9(13)4-5-11(10)17-3/h4-6,8H,7H2,1-3H3,(H,14,15)/t8-/m1/s1. The van der Waals surface area contributed by atoms with Crippen molar-refractivity contribution in [2.45, 2.75) is 13.0 Å². The van der Waals surface area contributed by atoms with E-state index >= 15 is 0 Å². The minimum absolute atomic E-state index is 0.152. The van der Waals surface area contributed by atoms with Crippen LogP contribution >= 0.6 is 0 Å². The lowest BCUT2D eigenvalue weighted by Crippen LogP contribution is -2.35. The lowest BCUT2D eigenvalue weighted by atomic mass is 10.1. The van der Waals surface area contributed by atoms with E-state index in [1.807, 2.05) is 0 Å². The second-order valence-electron chi connectivity index (χ2n) is 3.67. The van der Waals surface area contributed by atoms with Gasteiger partial charge in [0.2, 0.25) is 0 Å². The Hall–Kier alpha value is -1.62. The number of ether oxygens (including phenoxy) is 2. The van der Waals surface area contributed by atoms with E-state index in [1.54, 1.807) is 14.0 Å². The van der Waals surface area contributed by atoms with Gasteiger partial charge in [-0.2, -0.15) is 0 Å². The molecule has 1 rings (SSSR count). The summed E-state index contributed by atoms with van der Waals surface area (Å²) in [5.41, 5.74) is 0.176. The van der Waals surface area contributed by atoms with Crippen LogP contribution in [-0.4, -0.2) is 32.8 Å². The summed E-state index contributed by atoms with van der Waals surface area (Å²) in [7, 11) is 2.98. The first-order chi connectivity index (χ1) is 8.08. The molecule has 0 saturated carbocycles. The van der Waals surface area contributed by atoms with Crippen LogP contribution in [0.4, 0.5) is 4.39 Å². The van der Waals surface area contributed by atoms with E-state index < -0.39 is 5.82 Å². The third kappa shape index (κ3) is 3.71. The Labute approximate surface area is 99.7 Å². The molecule has 17 heavy (non-hydrogen) atoms. The van der Waals surface area contributed by atoms with Crippen molar-refractivity contribution < 1.29 is 18.7 Å². The summed E-state index contributed by atoms with van der Waals surface area (Å²) < 4.78 is 23.0. The van der Waals surface area contributed by atoms with Crippen LogP contribution in [0.25, 0.3) is 0 Å². The van der Waals surface area contributed by atoms with Crippen LogP contribution in [0, 0.1) is 5.82 Å². The van der Waals surface area contributed by atoms with Gasteiger partial charge in [0.1, 0.15) is 11.6 Å². The van der Waals surface area contributed by atoms with Crippen LogP contribution in [0.2, 0.25) is 0 Å². The summed E-state index contributed by atoms with van der Waals surface area (Å²) in [6.45, 7) is 2.19. The molecule has 0 radical (unpaired) electrons. The molecule has 0 spiro atoms. The van der Waals surface area contributed by atoms with Crippen LogP contribution < -0.4 is 10.1 Å². The molecule has 1 aromatic rings. The molecule has 5 heteroatoms. The highest BCUT2D eigenvalue weighted by Gasteiger charge is 2.15. The topological polar surface area (TPSA) is 47.6 Å². The highest BCUT2D eigenvalue weighted by atomic mass is 19.1. The van der Waals surface area contributed by atoms with Crippen LogP contribution in [0.1, 0.15) is 17.3 Å². The molecule has 1 atom stereocenters. The summed E-state index contributed by atoms with van der Waals surface area (Å²) in [4.78, 5) is 11.8. The summed E-state index contributed by atoms with van der Waals surface area (Å²) >= 11 is 0. The minimum atomic E-state index is -0.477. The third-order valence-electron chi connectivity index (χ3n) is 2.20. The zero-order chi connectivity index (χ0) is 12.8. The fraction of sp³-hybridized carbons (Fsp3) is 0.417. The van der Waals surface area contributed by atoms with Gasteiger partial charge in [-0.25, -0.2) is 4.39 Å². The Balaban J connectivity index is 2.83. The molecule has 0 heterocycles. The Morgan fingerprint density at radius 2 is 2.18 bits per heavy atom. The number of nitrogens with one attached hydrogen (secondary N) is 1. The van der Waals surface area contributed by atoms with Crippen LogP contribution in [0.15, 0.2) is 18.2 Å². The molecule has 0 fully saturated rings. The number of carbonyl (C=O) groups excluding carboxylic acids is 1. The third-order valence-corrected chi connectivity index (χ3v) is 2.20. The van der Waals surface area contributed by atoms with Crippen molar-refractivity contribution in [3.05, 3.63) is 29.6 Å². The van der Waals surface area contributed by atoms with Crippen LogP contribution in [-0.2, 0) is 4.74 Å². The Morgan fingerprint density at radius 3 is 2.76 bits per heavy atom. The molecule has 0 unspecified atom stereocenters. The van der Waals surface area contributed by atoms with Crippen LogP contribution in [0.5, 0.6) is 5.75 Å². The van der Waals surface area contributed by atoms with Crippen molar-refractivity contribution in [1.82, 2.24) is 5.32 Å². The Morgan fingerprint density at radius 1 is 1.47 bits per heavy atom. The van der Waals surface area contributed by atoms with Gasteiger partial charge in [0, 0.05) is 13.2 Å². The molecule has 1 N–H and O–H groups in total. The van der Waals surface area contributed by atoms with E-state index in [0.29, 0.717) is 12.4 Å². The number of rotatable bonds is 5. The first kappa shape index (κ1) is 13.4. The average Bonchev–Trinajstić information content (AvgIpc) is 2.29. The predicted octanol–water partition coefficient (Wildman–Crippen LogP) is 1.60. The zero-order valence-corrected chi connectivity index (χ0v) is 10.1. The Kier molecular flexibility index (Phi) is 4.90. The van der Waals surface area contributed by atoms with Crippen LogP contribution in [0.3, 0.4) is 0 Å². The first-order valence-electron chi connectivity index (χ1n) is 5.21. The van der Waals surface area contributed by atoms with Gasteiger partial charge in [-0.05, 0) is 25.1 Å². The molecule has 0 aromatic heterocycles. The first-order valence-corrected chi connectivity index (χ1v) is 5.21. The van der Waals surface area contributed by atoms with Gasteiger partial charge in [0.15, 0.2) is 0 Å². The highest BCUT2D eigenvalue weighted by molar-refractivity contribution is 5.97. The maximum absolute atomic E-state index is 13.1. The monoisotopic (exact) mass is 241 g/mol. The second kappa shape index (κ2) is 6.20. The van der Waals surface area contributed by atoms with Crippen molar-refractivity contribution in [2.24, 2.45) is 0 Å². The summed E-state index contributed by atoms with van der Waals surface area (Å²) in [5, 5.41) is 2.69. The van der Waals surface area contributed by atoms with Gasteiger partial charge < -0.3 is 14.8 Å². The fourth-order valence-corrected chi connectivity index (χ4v) is 1.45. The molecule has 0 saturated heterocycles. The fourth-order valence-electron chi connectivity index (χ4n) is 1.45. The van der Waals surface area contributed by atoms with Gasteiger partial charge >= 0.3 is 0 Å². The number of hydrogen-bond donors (Lipinski definition) is 1. The van der Waals surface area contributed by atoms with Gasteiger partial charge in [-0.1, -0.05) is 0 Å². The maximum atomic E-state index is 13.1. The van der Waals surface area contributed by atoms with Crippen molar-refractivity contribution in [3.63, 3.8) is 0 Å². The predicted molar refractivity (Wildman–Crippen MR) is 61.8 cm³/mol. The van der Waals surface area contributed by atoms with E-state index in [1.165, 1.54) is 19.2 Å². The molecule has 1 aromatic carbocycles. The Bertz CT molecular complexity index is 395. The largest absolute Gasteiger partial charge is 0.496 e. The van der Waals surface area contributed by atoms with E-state index in [4.69, 9.17) is 9.47 Å². The quantitative estimate of drug-likeness (QED) is 0.851. The maximum Gasteiger partial charge on any atom is 0.255 e. The normalized spacial score (nSPS) is 12.0. The van der Waals surface area contributed by atoms with Gasteiger partial charge in [-0.15, -0.1) is 0 Å².